The van der Waals surface area contributed by atoms with E-state index < -0.39 is 6.10 Å². The molecular weight excluding hydrogens is 483 g/mol. The Labute approximate surface area is 186 Å². The molecule has 0 aliphatic carbocycles. The summed E-state index contributed by atoms with van der Waals surface area (Å²) in [5, 5.41) is 17.4. The van der Waals surface area contributed by atoms with Crippen LogP contribution in [0.15, 0.2) is 51.9 Å². The number of aromatic nitrogens is 3. The van der Waals surface area contributed by atoms with Crippen LogP contribution in [-0.2, 0) is 6.54 Å². The minimum absolute atomic E-state index is 0. The summed E-state index contributed by atoms with van der Waals surface area (Å²) < 4.78 is 6.14. The number of hydrogen-bond acceptors (Lipinski definition) is 6. The van der Waals surface area contributed by atoms with Crippen LogP contribution in [0.2, 0.25) is 5.02 Å². The van der Waals surface area contributed by atoms with E-state index in [0.29, 0.717) is 28.1 Å². The number of nitrogens with zero attached hydrogens (tertiary/aromatic N) is 3. The van der Waals surface area contributed by atoms with E-state index in [9.17, 15) is 9.90 Å². The van der Waals surface area contributed by atoms with E-state index in [1.165, 1.54) is 0 Å². The lowest BCUT2D eigenvalue weighted by Gasteiger charge is -2.35. The van der Waals surface area contributed by atoms with Gasteiger partial charge in [0.25, 0.3) is 11.4 Å². The van der Waals surface area contributed by atoms with Crippen LogP contribution in [0.1, 0.15) is 23.8 Å². The minimum atomic E-state index is -0.694. The Morgan fingerprint density at radius 1 is 1.31 bits per heavy atom. The van der Waals surface area contributed by atoms with Gasteiger partial charge in [-0.15, -0.1) is 17.5 Å². The molecule has 29 heavy (non-hydrogen) atoms. The molecule has 1 atom stereocenters. The summed E-state index contributed by atoms with van der Waals surface area (Å²) in [6.07, 6.45) is 1.40. The Hall–Kier alpha value is -2.13. The SMILES string of the molecule is Cl.O=c1[nH]nc(OCC[C@@H](O)c2ccc(Cl)cc2)c(N2Cc3ncccc32)c1Br. The van der Waals surface area contributed by atoms with Gasteiger partial charge in [0.05, 0.1) is 30.6 Å². The Bertz CT molecular complexity index is 1060. The first-order valence-corrected chi connectivity index (χ1v) is 9.77. The Balaban J connectivity index is 0.00000240. The van der Waals surface area contributed by atoms with Crippen molar-refractivity contribution in [2.45, 2.75) is 19.1 Å². The van der Waals surface area contributed by atoms with E-state index in [4.69, 9.17) is 16.3 Å². The normalized spacial score (nSPS) is 13.1. The predicted molar refractivity (Wildman–Crippen MR) is 116 cm³/mol. The lowest BCUT2D eigenvalue weighted by molar-refractivity contribution is 0.139. The smallest absolute Gasteiger partial charge is 0.280 e. The van der Waals surface area contributed by atoms with Gasteiger partial charge in [0.2, 0.25) is 0 Å². The fourth-order valence-electron chi connectivity index (χ4n) is 3.00. The first-order chi connectivity index (χ1) is 13.5. The van der Waals surface area contributed by atoms with Gasteiger partial charge >= 0.3 is 0 Å². The van der Waals surface area contributed by atoms with Gasteiger partial charge in [-0.2, -0.15) is 0 Å². The topological polar surface area (TPSA) is 91.3 Å². The number of fused-ring (bicyclic) bond motifs is 1. The molecule has 0 saturated carbocycles. The van der Waals surface area contributed by atoms with Crippen molar-refractivity contribution >= 4 is 51.3 Å². The average Bonchev–Trinajstić information content (AvgIpc) is 2.68. The zero-order valence-corrected chi connectivity index (χ0v) is 18.2. The molecule has 0 amide bonds. The van der Waals surface area contributed by atoms with E-state index in [1.807, 2.05) is 17.0 Å². The molecule has 2 aromatic heterocycles. The van der Waals surface area contributed by atoms with Gasteiger partial charge in [-0.25, -0.2) is 5.10 Å². The number of H-pyrrole nitrogens is 1. The number of nitrogens with one attached hydrogen (secondary N) is 1. The summed E-state index contributed by atoms with van der Waals surface area (Å²) in [5.41, 5.74) is 2.80. The summed E-state index contributed by atoms with van der Waals surface area (Å²) in [6, 6.07) is 10.8. The largest absolute Gasteiger partial charge is 0.475 e. The highest BCUT2D eigenvalue weighted by Crippen LogP contribution is 2.44. The van der Waals surface area contributed by atoms with E-state index in [2.05, 4.69) is 31.1 Å². The third-order valence-corrected chi connectivity index (χ3v) is 5.48. The van der Waals surface area contributed by atoms with Gasteiger partial charge in [-0.3, -0.25) is 9.78 Å². The fourth-order valence-corrected chi connectivity index (χ4v) is 3.60. The van der Waals surface area contributed by atoms with Crippen molar-refractivity contribution < 1.29 is 9.84 Å². The van der Waals surface area contributed by atoms with Gasteiger partial charge in [0.15, 0.2) is 0 Å². The van der Waals surface area contributed by atoms with Crippen molar-refractivity contribution in [3.8, 4) is 5.88 Å². The highest BCUT2D eigenvalue weighted by Gasteiger charge is 2.31. The van der Waals surface area contributed by atoms with Crippen LogP contribution in [0, 0.1) is 0 Å². The summed E-state index contributed by atoms with van der Waals surface area (Å²) >= 11 is 9.21. The molecule has 2 N–H and O–H groups in total. The van der Waals surface area contributed by atoms with Crippen molar-refractivity contribution in [2.75, 3.05) is 11.5 Å². The molecule has 1 aliphatic rings. The Morgan fingerprint density at radius 3 is 2.79 bits per heavy atom. The maximum atomic E-state index is 12.0. The molecule has 7 nitrogen and oxygen atoms in total. The van der Waals surface area contributed by atoms with Gasteiger partial charge in [0, 0.05) is 17.6 Å². The van der Waals surface area contributed by atoms with Crippen molar-refractivity contribution in [3.63, 3.8) is 0 Å². The third kappa shape index (κ3) is 4.40. The van der Waals surface area contributed by atoms with E-state index >= 15 is 0 Å². The first-order valence-electron chi connectivity index (χ1n) is 8.60. The summed E-state index contributed by atoms with van der Waals surface area (Å²) in [5.74, 6) is 0.282. The molecule has 0 saturated heterocycles. The van der Waals surface area contributed by atoms with Crippen LogP contribution >= 0.6 is 39.9 Å². The van der Waals surface area contributed by atoms with Crippen molar-refractivity contribution in [3.05, 3.63) is 73.7 Å². The number of aromatic amines is 1. The number of pyridine rings is 1. The molecule has 10 heteroatoms. The van der Waals surface area contributed by atoms with Crippen LogP contribution < -0.4 is 15.2 Å². The molecule has 0 bridgehead atoms. The van der Waals surface area contributed by atoms with Crippen molar-refractivity contribution in [1.29, 1.82) is 0 Å². The van der Waals surface area contributed by atoms with Crippen LogP contribution in [0.5, 0.6) is 5.88 Å². The molecule has 152 valence electrons. The number of benzene rings is 1. The summed E-state index contributed by atoms with van der Waals surface area (Å²) in [4.78, 5) is 18.2. The molecule has 0 unspecified atom stereocenters. The number of anilines is 2. The van der Waals surface area contributed by atoms with Crippen LogP contribution in [0.4, 0.5) is 11.4 Å². The summed E-state index contributed by atoms with van der Waals surface area (Å²) in [6.45, 7) is 0.777. The highest BCUT2D eigenvalue weighted by atomic mass is 79.9. The Kier molecular flexibility index (Phi) is 6.79. The van der Waals surface area contributed by atoms with E-state index in [0.717, 1.165) is 16.9 Å². The molecule has 3 aromatic rings. The maximum Gasteiger partial charge on any atom is 0.280 e. The van der Waals surface area contributed by atoms with Crippen LogP contribution in [0.25, 0.3) is 0 Å². The number of halogens is 3. The van der Waals surface area contributed by atoms with Gasteiger partial charge in [-0.1, -0.05) is 23.7 Å². The molecule has 0 radical (unpaired) electrons. The average molecular weight is 500 g/mol. The Morgan fingerprint density at radius 2 is 2.07 bits per heavy atom. The number of aliphatic hydroxyl groups excluding tert-OH is 1. The fraction of sp³-hybridized carbons (Fsp3) is 0.211. The standard InChI is InChI=1S/C19H16BrClN4O3.ClH/c20-16-17(25-10-13-14(25)2-1-8-22-13)19(24-23-18(16)27)28-9-7-15(26)11-3-5-12(21)6-4-11;/h1-6,8,15,26H,7,9-10H2,(H,23,27);1H/t15-;/m1./s1. The predicted octanol–water partition coefficient (Wildman–Crippen LogP) is 4.16. The molecule has 1 aliphatic heterocycles. The number of rotatable bonds is 6. The quantitative estimate of drug-likeness (QED) is 0.529. The molecular formula is C19H17BrCl2N4O3. The first kappa shape index (κ1) is 21.6. The molecule has 4 rings (SSSR count). The van der Waals surface area contributed by atoms with Gasteiger partial charge in [-0.05, 0) is 45.8 Å². The second-order valence-electron chi connectivity index (χ2n) is 6.28. The molecule has 3 heterocycles. The molecule has 0 spiro atoms. The summed E-state index contributed by atoms with van der Waals surface area (Å²) in [7, 11) is 0. The molecule has 0 fully saturated rings. The second-order valence-corrected chi connectivity index (χ2v) is 7.51. The number of ether oxygens (including phenoxy) is 1. The zero-order valence-electron chi connectivity index (χ0n) is 15.0. The van der Waals surface area contributed by atoms with E-state index in [-0.39, 0.29) is 30.5 Å². The van der Waals surface area contributed by atoms with Crippen LogP contribution in [-0.4, -0.2) is 26.9 Å². The monoisotopic (exact) mass is 498 g/mol. The number of hydrogen-bond donors (Lipinski definition) is 2. The highest BCUT2D eigenvalue weighted by molar-refractivity contribution is 9.10. The van der Waals surface area contributed by atoms with Crippen molar-refractivity contribution in [1.82, 2.24) is 15.2 Å². The minimum Gasteiger partial charge on any atom is -0.475 e. The van der Waals surface area contributed by atoms with Crippen molar-refractivity contribution in [2.24, 2.45) is 0 Å². The maximum absolute atomic E-state index is 12.0. The van der Waals surface area contributed by atoms with Crippen LogP contribution in [0.3, 0.4) is 0 Å². The van der Waals surface area contributed by atoms with Gasteiger partial charge in [0.1, 0.15) is 10.2 Å². The lowest BCUT2D eigenvalue weighted by Crippen LogP contribution is -2.31. The molecule has 1 aromatic carbocycles. The third-order valence-electron chi connectivity index (χ3n) is 4.49. The van der Waals surface area contributed by atoms with Gasteiger partial charge < -0.3 is 14.7 Å². The lowest BCUT2D eigenvalue weighted by atomic mass is 10.1. The second kappa shape index (κ2) is 9.13. The zero-order chi connectivity index (χ0) is 19.7. The number of aliphatic hydroxyl groups is 1. The van der Waals surface area contributed by atoms with E-state index in [1.54, 1.807) is 30.5 Å².